The van der Waals surface area contributed by atoms with Gasteiger partial charge in [-0.15, -0.1) is 11.3 Å². The van der Waals surface area contributed by atoms with Crippen molar-refractivity contribution >= 4 is 29.2 Å². The molecule has 33 heavy (non-hydrogen) atoms. The van der Waals surface area contributed by atoms with E-state index in [1.165, 1.54) is 25.6 Å². The van der Waals surface area contributed by atoms with E-state index in [9.17, 15) is 9.59 Å². The van der Waals surface area contributed by atoms with E-state index in [2.05, 4.69) is 10.6 Å². The summed E-state index contributed by atoms with van der Waals surface area (Å²) in [6, 6.07) is 16.0. The van der Waals surface area contributed by atoms with E-state index in [0.29, 0.717) is 30.2 Å². The lowest BCUT2D eigenvalue weighted by atomic mass is 10.1. The number of carbonyl (C=O) groups excluding carboxylic acids is 2. The van der Waals surface area contributed by atoms with E-state index >= 15 is 0 Å². The predicted molar refractivity (Wildman–Crippen MR) is 129 cm³/mol. The van der Waals surface area contributed by atoms with Crippen LogP contribution in [-0.4, -0.2) is 32.6 Å². The number of methoxy groups -OCH3 is 2. The quantitative estimate of drug-likeness (QED) is 0.436. The molecule has 2 aromatic carbocycles. The Balaban J connectivity index is 1.74. The average Bonchev–Trinajstić information content (AvgIpc) is 3.35. The van der Waals surface area contributed by atoms with Crippen LogP contribution in [0.5, 0.6) is 17.2 Å². The van der Waals surface area contributed by atoms with Gasteiger partial charge in [-0.05, 0) is 60.3 Å². The van der Waals surface area contributed by atoms with E-state index < -0.39 is 11.8 Å². The summed E-state index contributed by atoms with van der Waals surface area (Å²) in [7, 11) is 3.02. The Bertz CT molecular complexity index is 1110. The van der Waals surface area contributed by atoms with Crippen LogP contribution in [0.15, 0.2) is 65.7 Å². The first-order valence-electron chi connectivity index (χ1n) is 10.3. The summed E-state index contributed by atoms with van der Waals surface area (Å²) in [6.45, 7) is 2.82. The summed E-state index contributed by atoms with van der Waals surface area (Å²) in [5.41, 5.74) is 1.39. The second-order valence-electron chi connectivity index (χ2n) is 6.86. The van der Waals surface area contributed by atoms with Gasteiger partial charge in [0.15, 0.2) is 11.5 Å². The Labute approximate surface area is 197 Å². The number of thiophene rings is 1. The summed E-state index contributed by atoms with van der Waals surface area (Å²) in [6.07, 6.45) is 1.65. The van der Waals surface area contributed by atoms with E-state index in [4.69, 9.17) is 14.2 Å². The Morgan fingerprint density at radius 1 is 1.00 bits per heavy atom. The second kappa shape index (κ2) is 11.7. The third kappa shape index (κ3) is 6.60. The molecule has 0 unspecified atom stereocenters. The smallest absolute Gasteiger partial charge is 0.268 e. The van der Waals surface area contributed by atoms with Gasteiger partial charge in [0.25, 0.3) is 11.8 Å². The Kier molecular flexibility index (Phi) is 8.49. The minimum Gasteiger partial charge on any atom is -0.494 e. The average molecular weight is 467 g/mol. The fourth-order valence-electron chi connectivity index (χ4n) is 2.99. The minimum absolute atomic E-state index is 0.142. The number of ether oxygens (including phenoxy) is 3. The molecule has 3 aromatic rings. The molecule has 0 aliphatic heterocycles. The molecule has 0 bridgehead atoms. The number of hydrogen-bond donors (Lipinski definition) is 2. The molecule has 0 aliphatic carbocycles. The van der Waals surface area contributed by atoms with E-state index in [0.717, 1.165) is 16.2 Å². The molecule has 1 aromatic heterocycles. The van der Waals surface area contributed by atoms with Gasteiger partial charge in [0.2, 0.25) is 0 Å². The summed E-state index contributed by atoms with van der Waals surface area (Å²) in [5, 5.41) is 7.48. The summed E-state index contributed by atoms with van der Waals surface area (Å²) >= 11 is 1.47. The highest BCUT2D eigenvalue weighted by molar-refractivity contribution is 7.10. The zero-order valence-electron chi connectivity index (χ0n) is 18.7. The number of amides is 2. The lowest BCUT2D eigenvalue weighted by Crippen LogP contribution is -2.34. The Hall–Kier alpha value is -3.78. The van der Waals surface area contributed by atoms with Gasteiger partial charge in [0.05, 0.1) is 20.8 Å². The minimum atomic E-state index is -0.435. The highest BCUT2D eigenvalue weighted by atomic mass is 32.1. The molecule has 0 saturated heterocycles. The molecule has 172 valence electrons. The first kappa shape index (κ1) is 23.9. The van der Waals surface area contributed by atoms with Crippen molar-refractivity contribution in [1.29, 1.82) is 0 Å². The molecule has 8 heteroatoms. The van der Waals surface area contributed by atoms with Crippen molar-refractivity contribution in [2.45, 2.75) is 13.5 Å². The van der Waals surface area contributed by atoms with Gasteiger partial charge in [-0.3, -0.25) is 9.59 Å². The standard InChI is InChI=1S/C25H26N2O5S/c1-4-32-19-10-7-17(8-11-19)16-26-25(29)21(15-20-6-5-13-33-20)27-24(28)18-9-12-22(30-2)23(14-18)31-3/h5-15H,4,16H2,1-3H3,(H,26,29)(H,27,28)/b21-15-. The monoisotopic (exact) mass is 466 g/mol. The van der Waals surface area contributed by atoms with Crippen LogP contribution in [0.2, 0.25) is 0 Å². The third-order valence-electron chi connectivity index (χ3n) is 4.66. The van der Waals surface area contributed by atoms with Crippen LogP contribution in [0.4, 0.5) is 0 Å². The maximum absolute atomic E-state index is 12.9. The van der Waals surface area contributed by atoms with Crippen molar-refractivity contribution < 1.29 is 23.8 Å². The maximum Gasteiger partial charge on any atom is 0.268 e. The molecule has 0 atom stereocenters. The van der Waals surface area contributed by atoms with Crippen molar-refractivity contribution in [3.8, 4) is 17.2 Å². The first-order chi connectivity index (χ1) is 16.0. The third-order valence-corrected chi connectivity index (χ3v) is 5.48. The molecule has 2 amide bonds. The number of nitrogens with one attached hydrogen (secondary N) is 2. The number of benzene rings is 2. The van der Waals surface area contributed by atoms with Crippen LogP contribution in [0.25, 0.3) is 6.08 Å². The first-order valence-corrected chi connectivity index (χ1v) is 11.2. The molecule has 0 radical (unpaired) electrons. The molecular weight excluding hydrogens is 440 g/mol. The lowest BCUT2D eigenvalue weighted by Gasteiger charge is -2.13. The SMILES string of the molecule is CCOc1ccc(CNC(=O)/C(=C/c2cccs2)NC(=O)c2ccc(OC)c(OC)c2)cc1. The van der Waals surface area contributed by atoms with Crippen LogP contribution < -0.4 is 24.8 Å². The molecule has 0 fully saturated rings. The predicted octanol–water partition coefficient (Wildman–Crippen LogP) is 4.25. The molecule has 3 rings (SSSR count). The van der Waals surface area contributed by atoms with Gasteiger partial charge in [-0.1, -0.05) is 18.2 Å². The highest BCUT2D eigenvalue weighted by Gasteiger charge is 2.17. The van der Waals surface area contributed by atoms with Gasteiger partial charge in [-0.2, -0.15) is 0 Å². The fraction of sp³-hybridized carbons (Fsp3) is 0.200. The highest BCUT2D eigenvalue weighted by Crippen LogP contribution is 2.27. The zero-order chi connectivity index (χ0) is 23.6. The van der Waals surface area contributed by atoms with Crippen molar-refractivity contribution in [3.05, 3.63) is 81.7 Å². The van der Waals surface area contributed by atoms with Crippen LogP contribution in [0.3, 0.4) is 0 Å². The van der Waals surface area contributed by atoms with Gasteiger partial charge in [0.1, 0.15) is 11.4 Å². The molecule has 0 aliphatic rings. The van der Waals surface area contributed by atoms with Crippen LogP contribution in [0, 0.1) is 0 Å². The second-order valence-corrected chi connectivity index (χ2v) is 7.84. The van der Waals surface area contributed by atoms with E-state index in [-0.39, 0.29) is 5.70 Å². The van der Waals surface area contributed by atoms with Crippen LogP contribution in [-0.2, 0) is 11.3 Å². The van der Waals surface area contributed by atoms with Crippen molar-refractivity contribution in [1.82, 2.24) is 10.6 Å². The van der Waals surface area contributed by atoms with E-state index in [1.807, 2.05) is 48.7 Å². The number of carbonyl (C=O) groups is 2. The number of hydrogen-bond acceptors (Lipinski definition) is 6. The topological polar surface area (TPSA) is 85.9 Å². The van der Waals surface area contributed by atoms with Gasteiger partial charge >= 0.3 is 0 Å². The van der Waals surface area contributed by atoms with Gasteiger partial charge in [-0.25, -0.2) is 0 Å². The fourth-order valence-corrected chi connectivity index (χ4v) is 3.65. The Morgan fingerprint density at radius 2 is 1.76 bits per heavy atom. The summed E-state index contributed by atoms with van der Waals surface area (Å²) in [4.78, 5) is 26.7. The van der Waals surface area contributed by atoms with Gasteiger partial charge in [0, 0.05) is 17.0 Å². The number of rotatable bonds is 10. The molecule has 2 N–H and O–H groups in total. The van der Waals surface area contributed by atoms with Crippen molar-refractivity contribution in [2.24, 2.45) is 0 Å². The van der Waals surface area contributed by atoms with Gasteiger partial charge < -0.3 is 24.8 Å². The zero-order valence-corrected chi connectivity index (χ0v) is 19.5. The van der Waals surface area contributed by atoms with Crippen molar-refractivity contribution in [2.75, 3.05) is 20.8 Å². The molecule has 0 saturated carbocycles. The maximum atomic E-state index is 12.9. The van der Waals surface area contributed by atoms with Crippen LogP contribution >= 0.6 is 11.3 Å². The van der Waals surface area contributed by atoms with Crippen LogP contribution in [0.1, 0.15) is 27.7 Å². The molecular formula is C25H26N2O5S. The lowest BCUT2D eigenvalue weighted by molar-refractivity contribution is -0.117. The molecule has 7 nitrogen and oxygen atoms in total. The van der Waals surface area contributed by atoms with Crippen molar-refractivity contribution in [3.63, 3.8) is 0 Å². The summed E-state index contributed by atoms with van der Waals surface area (Å²) < 4.78 is 15.9. The Morgan fingerprint density at radius 3 is 2.39 bits per heavy atom. The normalized spacial score (nSPS) is 10.9. The molecule has 1 heterocycles. The largest absolute Gasteiger partial charge is 0.494 e. The molecule has 0 spiro atoms. The van der Waals surface area contributed by atoms with E-state index in [1.54, 1.807) is 24.3 Å². The summed E-state index contributed by atoms with van der Waals surface area (Å²) in [5.74, 6) is 0.875.